The first-order chi connectivity index (χ1) is 9.60. The standard InChI is InChI=1S/C16H25BrN2O/c1-3-14(18)16(12-6-4-5-7-13(12)17)19-9-8-11(2)15(19)10-20/h4-7,11,14-16,20H,3,8-10,18H2,1-2H3. The zero-order valence-corrected chi connectivity index (χ0v) is 13.9. The first kappa shape index (κ1) is 16.0. The topological polar surface area (TPSA) is 49.5 Å². The second-order valence-corrected chi connectivity index (χ2v) is 6.65. The molecule has 0 saturated carbocycles. The fourth-order valence-corrected chi connectivity index (χ4v) is 3.78. The van der Waals surface area contributed by atoms with Crippen molar-refractivity contribution in [2.45, 2.75) is 44.8 Å². The Morgan fingerprint density at radius 3 is 2.75 bits per heavy atom. The van der Waals surface area contributed by atoms with Gasteiger partial charge in [0, 0.05) is 16.6 Å². The largest absolute Gasteiger partial charge is 0.395 e. The summed E-state index contributed by atoms with van der Waals surface area (Å²) in [6.45, 7) is 5.56. The molecule has 1 heterocycles. The van der Waals surface area contributed by atoms with Gasteiger partial charge in [0.1, 0.15) is 0 Å². The van der Waals surface area contributed by atoms with Gasteiger partial charge in [-0.05, 0) is 36.9 Å². The fraction of sp³-hybridized carbons (Fsp3) is 0.625. The van der Waals surface area contributed by atoms with E-state index in [2.05, 4.69) is 52.9 Å². The molecule has 1 fully saturated rings. The number of rotatable bonds is 5. The second kappa shape index (κ2) is 7.03. The third kappa shape index (κ3) is 3.08. The molecule has 4 unspecified atom stereocenters. The highest BCUT2D eigenvalue weighted by Crippen LogP contribution is 2.37. The summed E-state index contributed by atoms with van der Waals surface area (Å²) in [4.78, 5) is 2.40. The summed E-state index contributed by atoms with van der Waals surface area (Å²) < 4.78 is 1.10. The molecule has 0 aliphatic carbocycles. The Labute approximate surface area is 130 Å². The van der Waals surface area contributed by atoms with Crippen molar-refractivity contribution in [1.29, 1.82) is 0 Å². The Balaban J connectivity index is 2.36. The summed E-state index contributed by atoms with van der Waals surface area (Å²) in [7, 11) is 0. The molecule has 0 spiro atoms. The predicted molar refractivity (Wildman–Crippen MR) is 86.5 cm³/mol. The zero-order chi connectivity index (χ0) is 14.7. The van der Waals surface area contributed by atoms with Crippen LogP contribution >= 0.6 is 15.9 Å². The highest BCUT2D eigenvalue weighted by molar-refractivity contribution is 9.10. The van der Waals surface area contributed by atoms with Crippen LogP contribution in [0.4, 0.5) is 0 Å². The Kier molecular flexibility index (Phi) is 5.61. The molecule has 1 aromatic rings. The molecule has 4 heteroatoms. The molecule has 20 heavy (non-hydrogen) atoms. The van der Waals surface area contributed by atoms with Gasteiger partial charge in [0.15, 0.2) is 0 Å². The number of nitrogens with zero attached hydrogens (tertiary/aromatic N) is 1. The van der Waals surface area contributed by atoms with E-state index in [1.807, 2.05) is 6.07 Å². The maximum atomic E-state index is 9.73. The molecular weight excluding hydrogens is 316 g/mol. The Morgan fingerprint density at radius 1 is 1.45 bits per heavy atom. The van der Waals surface area contributed by atoms with Crippen LogP contribution < -0.4 is 5.73 Å². The van der Waals surface area contributed by atoms with Crippen LogP contribution in [0.2, 0.25) is 0 Å². The van der Waals surface area contributed by atoms with Crippen molar-refractivity contribution in [2.24, 2.45) is 11.7 Å². The van der Waals surface area contributed by atoms with Crippen molar-refractivity contribution < 1.29 is 5.11 Å². The number of hydrogen-bond donors (Lipinski definition) is 2. The normalized spacial score (nSPS) is 26.6. The van der Waals surface area contributed by atoms with Crippen molar-refractivity contribution in [2.75, 3.05) is 13.2 Å². The minimum absolute atomic E-state index is 0.0769. The van der Waals surface area contributed by atoms with Crippen LogP contribution in [0.3, 0.4) is 0 Å². The summed E-state index contributed by atoms with van der Waals surface area (Å²) in [5.74, 6) is 0.522. The molecule has 2 rings (SSSR count). The van der Waals surface area contributed by atoms with Crippen molar-refractivity contribution in [3.63, 3.8) is 0 Å². The first-order valence-corrected chi connectivity index (χ1v) is 8.26. The van der Waals surface area contributed by atoms with Gasteiger partial charge in [0.05, 0.1) is 12.6 Å². The van der Waals surface area contributed by atoms with Gasteiger partial charge < -0.3 is 10.8 Å². The highest BCUT2D eigenvalue weighted by Gasteiger charge is 2.38. The number of benzene rings is 1. The van der Waals surface area contributed by atoms with Crippen LogP contribution in [0, 0.1) is 5.92 Å². The lowest BCUT2D eigenvalue weighted by molar-refractivity contribution is 0.0891. The van der Waals surface area contributed by atoms with Gasteiger partial charge in [-0.15, -0.1) is 0 Å². The predicted octanol–water partition coefficient (Wildman–Crippen LogP) is 2.93. The number of aliphatic hydroxyl groups excluding tert-OH is 1. The van der Waals surface area contributed by atoms with E-state index in [1.165, 1.54) is 5.56 Å². The van der Waals surface area contributed by atoms with E-state index in [1.54, 1.807) is 0 Å². The van der Waals surface area contributed by atoms with Crippen LogP contribution in [0.15, 0.2) is 28.7 Å². The van der Waals surface area contributed by atoms with Gasteiger partial charge in [-0.1, -0.05) is 48.0 Å². The maximum absolute atomic E-state index is 9.73. The number of nitrogens with two attached hydrogens (primary N) is 1. The van der Waals surface area contributed by atoms with Crippen LogP contribution in [-0.2, 0) is 0 Å². The van der Waals surface area contributed by atoms with E-state index in [4.69, 9.17) is 5.73 Å². The van der Waals surface area contributed by atoms with Crippen LogP contribution in [0.5, 0.6) is 0 Å². The lowest BCUT2D eigenvalue weighted by Gasteiger charge is -2.37. The van der Waals surface area contributed by atoms with Gasteiger partial charge in [0.2, 0.25) is 0 Å². The molecule has 1 saturated heterocycles. The van der Waals surface area contributed by atoms with E-state index in [9.17, 15) is 5.11 Å². The molecule has 0 bridgehead atoms. The minimum Gasteiger partial charge on any atom is -0.395 e. The van der Waals surface area contributed by atoms with Crippen LogP contribution in [-0.4, -0.2) is 35.2 Å². The van der Waals surface area contributed by atoms with Crippen molar-refractivity contribution in [3.05, 3.63) is 34.3 Å². The smallest absolute Gasteiger partial charge is 0.0589 e. The molecule has 3 nitrogen and oxygen atoms in total. The molecule has 1 aliphatic heterocycles. The van der Waals surface area contributed by atoms with E-state index in [-0.39, 0.29) is 24.7 Å². The highest BCUT2D eigenvalue weighted by atomic mass is 79.9. The average Bonchev–Trinajstić information content (AvgIpc) is 2.82. The maximum Gasteiger partial charge on any atom is 0.0589 e. The van der Waals surface area contributed by atoms with E-state index in [0.29, 0.717) is 5.92 Å². The molecule has 1 aliphatic rings. The Bertz CT molecular complexity index is 440. The van der Waals surface area contributed by atoms with E-state index in [0.717, 1.165) is 23.9 Å². The quantitative estimate of drug-likeness (QED) is 0.866. The van der Waals surface area contributed by atoms with Crippen LogP contribution in [0.25, 0.3) is 0 Å². The summed E-state index contributed by atoms with van der Waals surface area (Å²) in [6, 6.07) is 8.75. The molecule has 4 atom stereocenters. The molecule has 0 radical (unpaired) electrons. The number of hydrogen-bond acceptors (Lipinski definition) is 3. The van der Waals surface area contributed by atoms with Crippen molar-refractivity contribution >= 4 is 15.9 Å². The summed E-state index contributed by atoms with van der Waals surface area (Å²) in [5, 5.41) is 9.73. The number of aliphatic hydroxyl groups is 1. The second-order valence-electron chi connectivity index (χ2n) is 5.79. The van der Waals surface area contributed by atoms with Gasteiger partial charge in [-0.3, -0.25) is 4.90 Å². The van der Waals surface area contributed by atoms with Crippen molar-refractivity contribution in [1.82, 2.24) is 4.90 Å². The van der Waals surface area contributed by atoms with Crippen molar-refractivity contribution in [3.8, 4) is 0 Å². The van der Waals surface area contributed by atoms with Gasteiger partial charge in [-0.2, -0.15) is 0 Å². The monoisotopic (exact) mass is 340 g/mol. The summed E-state index contributed by atoms with van der Waals surface area (Å²) in [5.41, 5.74) is 7.65. The molecule has 0 amide bonds. The Morgan fingerprint density at radius 2 is 2.15 bits per heavy atom. The lowest BCUT2D eigenvalue weighted by Crippen LogP contribution is -2.45. The van der Waals surface area contributed by atoms with Gasteiger partial charge in [0.25, 0.3) is 0 Å². The zero-order valence-electron chi connectivity index (χ0n) is 12.3. The summed E-state index contributed by atoms with van der Waals surface area (Å²) >= 11 is 3.65. The third-order valence-electron chi connectivity index (χ3n) is 4.57. The molecule has 1 aromatic carbocycles. The minimum atomic E-state index is 0.0769. The molecule has 112 valence electrons. The number of halogens is 1. The number of likely N-dealkylation sites (tertiary alicyclic amines) is 1. The molecule has 3 N–H and O–H groups in total. The molecular formula is C16H25BrN2O. The third-order valence-corrected chi connectivity index (χ3v) is 5.29. The average molecular weight is 341 g/mol. The molecule has 0 aromatic heterocycles. The van der Waals surface area contributed by atoms with E-state index < -0.39 is 0 Å². The first-order valence-electron chi connectivity index (χ1n) is 7.46. The summed E-state index contributed by atoms with van der Waals surface area (Å²) in [6.07, 6.45) is 2.05. The van der Waals surface area contributed by atoms with Crippen LogP contribution in [0.1, 0.15) is 38.3 Å². The van der Waals surface area contributed by atoms with Gasteiger partial charge in [-0.25, -0.2) is 0 Å². The SMILES string of the molecule is CCC(N)C(c1ccccc1Br)N1CCC(C)C1CO. The fourth-order valence-electron chi connectivity index (χ4n) is 3.26. The van der Waals surface area contributed by atoms with E-state index >= 15 is 0 Å². The Hall–Kier alpha value is -0.420. The lowest BCUT2D eigenvalue weighted by atomic mass is 9.94. The van der Waals surface area contributed by atoms with Gasteiger partial charge >= 0.3 is 0 Å².